The first-order valence-electron chi connectivity index (χ1n) is 8.08. The van der Waals surface area contributed by atoms with Crippen molar-refractivity contribution in [1.29, 1.82) is 0 Å². The minimum absolute atomic E-state index is 0.0809. The van der Waals surface area contributed by atoms with Crippen LogP contribution in [0.4, 0.5) is 13.2 Å². The Bertz CT molecular complexity index is 740. The molecule has 0 bridgehead atoms. The van der Waals surface area contributed by atoms with Gasteiger partial charge in [-0.05, 0) is 38.8 Å². The molecule has 0 radical (unpaired) electrons. The summed E-state index contributed by atoms with van der Waals surface area (Å²) >= 11 is 0. The lowest BCUT2D eigenvalue weighted by molar-refractivity contribution is -0.137. The van der Waals surface area contributed by atoms with E-state index in [0.29, 0.717) is 32.3 Å². The van der Waals surface area contributed by atoms with E-state index in [1.165, 1.54) is 13.8 Å². The number of pyridine rings is 1. The molecule has 2 heterocycles. The van der Waals surface area contributed by atoms with E-state index in [0.717, 1.165) is 12.1 Å². The monoisotopic (exact) mass is 394 g/mol. The van der Waals surface area contributed by atoms with E-state index in [1.54, 1.807) is 0 Å². The number of Topliss-reactive ketones (excluding diaryl/α,β-unsaturated/α-hetero) is 1. The predicted molar refractivity (Wildman–Crippen MR) is 87.9 cm³/mol. The molecule has 146 valence electrons. The third kappa shape index (κ3) is 4.80. The fourth-order valence-electron chi connectivity index (χ4n) is 2.41. The van der Waals surface area contributed by atoms with E-state index in [2.05, 4.69) is 9.71 Å². The second-order valence-corrected chi connectivity index (χ2v) is 8.92. The summed E-state index contributed by atoms with van der Waals surface area (Å²) in [6.07, 6.45) is -3.23. The molecule has 26 heavy (non-hydrogen) atoms. The van der Waals surface area contributed by atoms with Crippen LogP contribution in [0.25, 0.3) is 0 Å². The quantitative estimate of drug-likeness (QED) is 0.799. The summed E-state index contributed by atoms with van der Waals surface area (Å²) in [5.74, 6) is -0.649. The Morgan fingerprint density at radius 1 is 1.27 bits per heavy atom. The van der Waals surface area contributed by atoms with Crippen molar-refractivity contribution < 1.29 is 31.1 Å². The van der Waals surface area contributed by atoms with Crippen LogP contribution in [0, 0.1) is 0 Å². The van der Waals surface area contributed by atoms with Crippen LogP contribution in [0.1, 0.15) is 37.9 Å². The van der Waals surface area contributed by atoms with Crippen LogP contribution < -0.4 is 4.72 Å². The highest BCUT2D eigenvalue weighted by Gasteiger charge is 2.42. The van der Waals surface area contributed by atoms with Crippen molar-refractivity contribution in [2.45, 2.75) is 50.1 Å². The second kappa shape index (κ2) is 7.61. The Morgan fingerprint density at radius 2 is 1.88 bits per heavy atom. The molecule has 0 unspecified atom stereocenters. The topological polar surface area (TPSA) is 85.4 Å². The molecule has 2 rings (SSSR count). The van der Waals surface area contributed by atoms with Crippen LogP contribution in [-0.2, 0) is 32.2 Å². The van der Waals surface area contributed by atoms with Gasteiger partial charge in [-0.3, -0.25) is 9.78 Å². The zero-order valence-corrected chi connectivity index (χ0v) is 15.3. The standard InChI is InChI=1S/C16H21F3N2O4S/c1-15(2,26(23,24)21-12-5-7-25-8-6-12)14(22)9-13-4-3-11(10-20-13)16(17,18)19/h3-4,10,12,21H,5-9H2,1-2H3. The van der Waals surface area contributed by atoms with Crippen molar-refractivity contribution in [1.82, 2.24) is 9.71 Å². The third-order valence-corrected chi connectivity index (χ3v) is 6.60. The highest BCUT2D eigenvalue weighted by Crippen LogP contribution is 2.28. The summed E-state index contributed by atoms with van der Waals surface area (Å²) in [5.41, 5.74) is -0.848. The first-order chi connectivity index (χ1) is 11.9. The first kappa shape index (κ1) is 20.8. The molecule has 1 saturated heterocycles. The summed E-state index contributed by atoms with van der Waals surface area (Å²) in [6.45, 7) is 3.44. The minimum Gasteiger partial charge on any atom is -0.381 e. The number of rotatable bonds is 6. The second-order valence-electron chi connectivity index (χ2n) is 6.65. The number of ketones is 1. The lowest BCUT2D eigenvalue weighted by Crippen LogP contribution is -2.52. The predicted octanol–water partition coefficient (Wildman–Crippen LogP) is 2.09. The molecule has 10 heteroatoms. The van der Waals surface area contributed by atoms with Crippen molar-refractivity contribution >= 4 is 15.8 Å². The number of aromatic nitrogens is 1. The maximum absolute atomic E-state index is 12.6. The lowest BCUT2D eigenvalue weighted by Gasteiger charge is -2.29. The van der Waals surface area contributed by atoms with Crippen molar-refractivity contribution in [3.63, 3.8) is 0 Å². The average Bonchev–Trinajstić information content (AvgIpc) is 2.54. The highest BCUT2D eigenvalue weighted by atomic mass is 32.2. The van der Waals surface area contributed by atoms with Gasteiger partial charge in [-0.25, -0.2) is 13.1 Å². The summed E-state index contributed by atoms with van der Waals surface area (Å²) in [7, 11) is -3.97. The number of carbonyl (C=O) groups is 1. The molecule has 1 aromatic rings. The fraction of sp³-hybridized carbons (Fsp3) is 0.625. The number of hydrogen-bond donors (Lipinski definition) is 1. The molecule has 1 N–H and O–H groups in total. The largest absolute Gasteiger partial charge is 0.417 e. The van der Waals surface area contributed by atoms with Crippen LogP contribution in [0.3, 0.4) is 0 Å². The van der Waals surface area contributed by atoms with E-state index < -0.39 is 32.3 Å². The zero-order valence-electron chi connectivity index (χ0n) is 14.5. The fourth-order valence-corrected chi connectivity index (χ4v) is 3.75. The summed E-state index contributed by atoms with van der Waals surface area (Å²) in [5, 5.41) is 0. The Hall–Kier alpha value is -1.52. The maximum atomic E-state index is 12.6. The van der Waals surface area contributed by atoms with Gasteiger partial charge in [0, 0.05) is 31.1 Å². The Labute approximate surface area is 150 Å². The van der Waals surface area contributed by atoms with Gasteiger partial charge in [-0.15, -0.1) is 0 Å². The summed E-state index contributed by atoms with van der Waals surface area (Å²) in [6, 6.07) is 1.59. The number of carbonyl (C=O) groups excluding carboxylic acids is 1. The van der Waals surface area contributed by atoms with Gasteiger partial charge in [0.25, 0.3) is 0 Å². The molecular formula is C16H21F3N2O4S. The van der Waals surface area contributed by atoms with Crippen LogP contribution in [0.2, 0.25) is 0 Å². The molecule has 0 aromatic carbocycles. The minimum atomic E-state index is -4.52. The average molecular weight is 394 g/mol. The van der Waals surface area contributed by atoms with Crippen molar-refractivity contribution in [3.8, 4) is 0 Å². The molecule has 1 aliphatic heterocycles. The number of halogens is 3. The van der Waals surface area contributed by atoms with Crippen molar-refractivity contribution in [3.05, 3.63) is 29.6 Å². The number of nitrogens with one attached hydrogen (secondary N) is 1. The van der Waals surface area contributed by atoms with Gasteiger partial charge in [0.15, 0.2) is 5.78 Å². The first-order valence-corrected chi connectivity index (χ1v) is 9.57. The van der Waals surface area contributed by atoms with Gasteiger partial charge < -0.3 is 4.74 Å². The Morgan fingerprint density at radius 3 is 2.38 bits per heavy atom. The smallest absolute Gasteiger partial charge is 0.381 e. The van der Waals surface area contributed by atoms with Gasteiger partial charge in [0.1, 0.15) is 4.75 Å². The van der Waals surface area contributed by atoms with Gasteiger partial charge in [-0.2, -0.15) is 13.2 Å². The number of alkyl halides is 3. The Balaban J connectivity index is 2.08. The van der Waals surface area contributed by atoms with E-state index in [9.17, 15) is 26.4 Å². The molecular weight excluding hydrogens is 373 g/mol. The summed E-state index contributed by atoms with van der Waals surface area (Å²) in [4.78, 5) is 16.1. The van der Waals surface area contributed by atoms with E-state index in [1.807, 2.05) is 0 Å². The molecule has 1 aliphatic rings. The number of nitrogens with zero attached hydrogens (tertiary/aromatic N) is 1. The van der Waals surface area contributed by atoms with E-state index in [-0.39, 0.29) is 18.2 Å². The van der Waals surface area contributed by atoms with Gasteiger partial charge in [0.05, 0.1) is 12.0 Å². The van der Waals surface area contributed by atoms with Crippen LogP contribution >= 0.6 is 0 Å². The van der Waals surface area contributed by atoms with Crippen LogP contribution in [0.5, 0.6) is 0 Å². The molecule has 0 aliphatic carbocycles. The Kier molecular flexibility index (Phi) is 6.09. The SMILES string of the molecule is CC(C)(C(=O)Cc1ccc(C(F)(F)F)cn1)S(=O)(=O)NC1CCOCC1. The van der Waals surface area contributed by atoms with Crippen LogP contribution in [0.15, 0.2) is 18.3 Å². The number of sulfonamides is 1. The van der Waals surface area contributed by atoms with Gasteiger partial charge >= 0.3 is 6.18 Å². The maximum Gasteiger partial charge on any atom is 0.417 e. The third-order valence-electron chi connectivity index (χ3n) is 4.38. The zero-order chi connectivity index (χ0) is 19.6. The highest BCUT2D eigenvalue weighted by molar-refractivity contribution is 7.91. The normalized spacial score (nSPS) is 17.3. The number of hydrogen-bond acceptors (Lipinski definition) is 5. The number of ether oxygens (including phenoxy) is 1. The van der Waals surface area contributed by atoms with Gasteiger partial charge in [0.2, 0.25) is 10.0 Å². The van der Waals surface area contributed by atoms with Crippen LogP contribution in [-0.4, -0.2) is 43.2 Å². The molecule has 1 aromatic heterocycles. The molecule has 0 spiro atoms. The van der Waals surface area contributed by atoms with E-state index in [4.69, 9.17) is 4.74 Å². The molecule has 6 nitrogen and oxygen atoms in total. The van der Waals surface area contributed by atoms with E-state index >= 15 is 0 Å². The summed E-state index contributed by atoms with van der Waals surface area (Å²) < 4.78 is 68.8. The molecule has 0 amide bonds. The molecule has 1 fully saturated rings. The van der Waals surface area contributed by atoms with Crippen molar-refractivity contribution in [2.75, 3.05) is 13.2 Å². The lowest BCUT2D eigenvalue weighted by atomic mass is 10.0. The van der Waals surface area contributed by atoms with Gasteiger partial charge in [-0.1, -0.05) is 0 Å². The molecule has 0 saturated carbocycles. The molecule has 0 atom stereocenters. The van der Waals surface area contributed by atoms with Crippen molar-refractivity contribution in [2.24, 2.45) is 0 Å².